The van der Waals surface area contributed by atoms with E-state index in [1.807, 2.05) is 65.1 Å². The molecule has 4 heterocycles. The van der Waals surface area contributed by atoms with Crippen LogP contribution in [-0.4, -0.2) is 4.98 Å². The van der Waals surface area contributed by atoms with Gasteiger partial charge in [-0.1, -0.05) is 66.7 Å². The monoisotopic (exact) mass is 664 g/mol. The maximum atomic E-state index is 6.55. The Labute approximate surface area is 287 Å². The lowest BCUT2D eigenvalue weighted by Crippen LogP contribution is -2.09. The zero-order valence-electron chi connectivity index (χ0n) is 25.9. The second-order valence-corrected chi connectivity index (χ2v) is 14.5. The number of furan rings is 1. The number of anilines is 3. The lowest BCUT2D eigenvalue weighted by Gasteiger charge is -2.25. The molecule has 0 amide bonds. The van der Waals surface area contributed by atoms with Crippen molar-refractivity contribution in [2.45, 2.75) is 0 Å². The minimum atomic E-state index is 0.605. The van der Waals surface area contributed by atoms with E-state index in [0.717, 1.165) is 55.7 Å². The molecule has 11 aromatic rings. The molecule has 11 rings (SSSR count). The number of benzene rings is 7. The van der Waals surface area contributed by atoms with Crippen LogP contribution in [0.4, 0.5) is 17.1 Å². The Bertz CT molecular complexity index is 2960. The molecule has 0 atom stereocenters. The van der Waals surface area contributed by atoms with E-state index in [9.17, 15) is 0 Å². The van der Waals surface area contributed by atoms with Crippen LogP contribution >= 0.6 is 22.7 Å². The van der Waals surface area contributed by atoms with Crippen LogP contribution in [0.25, 0.3) is 84.8 Å². The van der Waals surface area contributed by atoms with Crippen LogP contribution in [0.3, 0.4) is 0 Å². The van der Waals surface area contributed by atoms with Crippen molar-refractivity contribution >= 4 is 113 Å². The normalized spacial score (nSPS) is 12.1. The summed E-state index contributed by atoms with van der Waals surface area (Å²) in [5.41, 5.74) is 7.29. The molecule has 0 spiro atoms. The molecule has 0 saturated carbocycles. The molecule has 4 aromatic heterocycles. The Morgan fingerprint density at radius 3 is 1.69 bits per heavy atom. The second kappa shape index (κ2) is 10.3. The van der Waals surface area contributed by atoms with Gasteiger partial charge in [0.1, 0.15) is 16.7 Å². The lowest BCUT2D eigenvalue weighted by atomic mass is 10.1. The van der Waals surface area contributed by atoms with Gasteiger partial charge in [0, 0.05) is 74.4 Å². The number of thiophene rings is 2. The van der Waals surface area contributed by atoms with Gasteiger partial charge in [0.2, 0.25) is 5.89 Å². The Kier molecular flexibility index (Phi) is 5.67. The number of aromatic nitrogens is 1. The summed E-state index contributed by atoms with van der Waals surface area (Å²) in [5, 5.41) is 7.10. The van der Waals surface area contributed by atoms with Gasteiger partial charge in [-0.2, -0.15) is 0 Å². The molecular formula is C43H24N2O2S2. The average molecular weight is 665 g/mol. The number of fused-ring (bicyclic) bond motifs is 11. The van der Waals surface area contributed by atoms with Crippen LogP contribution in [-0.2, 0) is 0 Å². The molecule has 0 radical (unpaired) electrons. The van der Waals surface area contributed by atoms with Crippen molar-refractivity contribution in [1.82, 2.24) is 4.98 Å². The Morgan fingerprint density at radius 1 is 0.449 bits per heavy atom. The molecule has 0 aliphatic carbocycles. The van der Waals surface area contributed by atoms with Gasteiger partial charge >= 0.3 is 0 Å². The molecule has 230 valence electrons. The van der Waals surface area contributed by atoms with Crippen molar-refractivity contribution in [3.05, 3.63) is 146 Å². The number of hydrogen-bond acceptors (Lipinski definition) is 6. The minimum Gasteiger partial charge on any atom is -0.456 e. The fraction of sp³-hybridized carbons (Fsp3) is 0. The van der Waals surface area contributed by atoms with Crippen LogP contribution in [0, 0.1) is 0 Å². The smallest absolute Gasteiger partial charge is 0.227 e. The van der Waals surface area contributed by atoms with Gasteiger partial charge in [-0.15, -0.1) is 22.7 Å². The van der Waals surface area contributed by atoms with Gasteiger partial charge in [0.25, 0.3) is 0 Å². The Hall–Kier alpha value is -5.95. The summed E-state index contributed by atoms with van der Waals surface area (Å²) in [5.74, 6) is 0.605. The first-order valence-electron chi connectivity index (χ1n) is 16.2. The standard InChI is InChI=1S/C43H24N2O2S2/c1-2-8-25(9-3-1)43-44-34-20-21-35-41(42(34)47-43)33-19-16-26(22-36(33)46-35)45(27-14-17-31-29-10-4-6-12-37(29)48-39(31)23-27)28-15-18-32-30-11-5-7-13-38(30)49-40(32)24-28/h1-24H. The average Bonchev–Trinajstić information content (AvgIpc) is 3.92. The highest BCUT2D eigenvalue weighted by atomic mass is 32.1. The highest BCUT2D eigenvalue weighted by Crippen LogP contribution is 2.45. The molecule has 0 aliphatic rings. The van der Waals surface area contributed by atoms with Crippen LogP contribution < -0.4 is 4.90 Å². The van der Waals surface area contributed by atoms with Crippen molar-refractivity contribution in [3.8, 4) is 11.5 Å². The van der Waals surface area contributed by atoms with Crippen molar-refractivity contribution in [1.29, 1.82) is 0 Å². The Balaban J connectivity index is 1.11. The quantitative estimate of drug-likeness (QED) is 0.188. The van der Waals surface area contributed by atoms with E-state index in [0.29, 0.717) is 5.89 Å². The van der Waals surface area contributed by atoms with E-state index >= 15 is 0 Å². The number of oxazole rings is 1. The third kappa shape index (κ3) is 4.11. The first-order valence-corrected chi connectivity index (χ1v) is 17.8. The first kappa shape index (κ1) is 27.0. The maximum Gasteiger partial charge on any atom is 0.227 e. The van der Waals surface area contributed by atoms with E-state index in [1.54, 1.807) is 0 Å². The lowest BCUT2D eigenvalue weighted by molar-refractivity contribution is 0.622. The van der Waals surface area contributed by atoms with Gasteiger partial charge in [0.15, 0.2) is 5.58 Å². The molecule has 7 aromatic carbocycles. The van der Waals surface area contributed by atoms with Crippen LogP contribution in [0.15, 0.2) is 154 Å². The zero-order chi connectivity index (χ0) is 32.1. The molecule has 0 aliphatic heterocycles. The van der Waals surface area contributed by atoms with E-state index in [2.05, 4.69) is 108 Å². The molecular weight excluding hydrogens is 641 g/mol. The summed E-state index contributed by atoms with van der Waals surface area (Å²) in [6.07, 6.45) is 0. The van der Waals surface area contributed by atoms with Crippen molar-refractivity contribution in [3.63, 3.8) is 0 Å². The predicted molar refractivity (Wildman–Crippen MR) is 207 cm³/mol. The van der Waals surface area contributed by atoms with Gasteiger partial charge < -0.3 is 13.7 Å². The van der Waals surface area contributed by atoms with Gasteiger partial charge in [-0.05, 0) is 72.8 Å². The Morgan fingerprint density at radius 2 is 1.02 bits per heavy atom. The highest BCUT2D eigenvalue weighted by molar-refractivity contribution is 7.26. The molecule has 49 heavy (non-hydrogen) atoms. The number of nitrogens with zero attached hydrogens (tertiary/aromatic N) is 2. The fourth-order valence-electron chi connectivity index (χ4n) is 7.23. The maximum absolute atomic E-state index is 6.55. The minimum absolute atomic E-state index is 0.605. The van der Waals surface area contributed by atoms with Crippen LogP contribution in [0.5, 0.6) is 0 Å². The van der Waals surface area contributed by atoms with Crippen molar-refractivity contribution < 1.29 is 8.83 Å². The summed E-state index contributed by atoms with van der Waals surface area (Å²) >= 11 is 3.67. The van der Waals surface area contributed by atoms with E-state index < -0.39 is 0 Å². The molecule has 0 saturated heterocycles. The molecule has 6 heteroatoms. The highest BCUT2D eigenvalue weighted by Gasteiger charge is 2.20. The molecule has 0 unspecified atom stereocenters. The van der Waals surface area contributed by atoms with Gasteiger partial charge in [0.05, 0.1) is 5.39 Å². The van der Waals surface area contributed by atoms with Crippen molar-refractivity contribution in [2.24, 2.45) is 0 Å². The van der Waals surface area contributed by atoms with E-state index in [1.165, 1.54) is 40.3 Å². The number of hydrogen-bond donors (Lipinski definition) is 0. The largest absolute Gasteiger partial charge is 0.456 e. The third-order valence-electron chi connectivity index (χ3n) is 9.49. The summed E-state index contributed by atoms with van der Waals surface area (Å²) in [6.45, 7) is 0. The molecule has 0 N–H and O–H groups in total. The van der Waals surface area contributed by atoms with Crippen molar-refractivity contribution in [2.75, 3.05) is 4.90 Å². The number of rotatable bonds is 4. The fourth-order valence-corrected chi connectivity index (χ4v) is 9.51. The zero-order valence-corrected chi connectivity index (χ0v) is 27.5. The van der Waals surface area contributed by atoms with Gasteiger partial charge in [-0.25, -0.2) is 4.98 Å². The molecule has 0 fully saturated rings. The van der Waals surface area contributed by atoms with Gasteiger partial charge in [-0.3, -0.25) is 0 Å². The SMILES string of the molecule is c1ccc(-c2nc3ccc4oc5cc(N(c6ccc7c(c6)sc6ccccc67)c6ccc7c(c6)sc6ccccc67)ccc5c4c3o2)cc1. The predicted octanol–water partition coefficient (Wildman–Crippen LogP) is 13.6. The summed E-state index contributed by atoms with van der Waals surface area (Å²) in [4.78, 5) is 7.16. The third-order valence-corrected chi connectivity index (χ3v) is 11.8. The summed E-state index contributed by atoms with van der Waals surface area (Å²) < 4.78 is 18.1. The van der Waals surface area contributed by atoms with Crippen LogP contribution in [0.1, 0.15) is 0 Å². The summed E-state index contributed by atoms with van der Waals surface area (Å²) in [7, 11) is 0. The first-order chi connectivity index (χ1) is 24.2. The molecule has 0 bridgehead atoms. The van der Waals surface area contributed by atoms with E-state index in [-0.39, 0.29) is 0 Å². The van der Waals surface area contributed by atoms with Crippen LogP contribution in [0.2, 0.25) is 0 Å². The van der Waals surface area contributed by atoms with E-state index in [4.69, 9.17) is 13.8 Å². The topological polar surface area (TPSA) is 42.4 Å². The summed E-state index contributed by atoms with van der Waals surface area (Å²) in [6, 6.07) is 51.4. The second-order valence-electron chi connectivity index (χ2n) is 12.3. The molecule has 4 nitrogen and oxygen atoms in total.